The molecule has 0 spiro atoms. The molecule has 0 saturated carbocycles. The highest BCUT2D eigenvalue weighted by atomic mass is 32.2. The summed E-state index contributed by atoms with van der Waals surface area (Å²) in [7, 11) is 0. The zero-order valence-electron chi connectivity index (χ0n) is 10.7. The maximum atomic E-state index is 12.2. The second-order valence-electron chi connectivity index (χ2n) is 4.32. The molecule has 1 unspecified atom stereocenters. The number of rotatable bonds is 7. The van der Waals surface area contributed by atoms with Crippen LogP contribution in [-0.4, -0.2) is 16.5 Å². The van der Waals surface area contributed by atoms with Crippen LogP contribution in [-0.2, 0) is 11.2 Å². The number of ketones is 1. The lowest BCUT2D eigenvalue weighted by Crippen LogP contribution is -2.15. The highest BCUT2D eigenvalue weighted by Crippen LogP contribution is 2.36. The minimum atomic E-state index is -4.26. The van der Waals surface area contributed by atoms with Crippen LogP contribution in [0.1, 0.15) is 31.7 Å². The fraction of sp³-hybridized carbons (Fsp3) is 0.500. The van der Waals surface area contributed by atoms with Gasteiger partial charge in [-0.1, -0.05) is 37.3 Å². The standard InChI is InChI=1S/C14H17F3OS/c1-2-13(19-14(15,16)17)10-12(18)9-8-11-6-4-3-5-7-11/h3-7,13H,2,8-10H2,1H3. The Morgan fingerprint density at radius 1 is 1.26 bits per heavy atom. The van der Waals surface area contributed by atoms with E-state index in [1.165, 1.54) is 0 Å². The Morgan fingerprint density at radius 2 is 1.89 bits per heavy atom. The lowest BCUT2D eigenvalue weighted by atomic mass is 10.0. The van der Waals surface area contributed by atoms with E-state index in [2.05, 4.69) is 0 Å². The summed E-state index contributed by atoms with van der Waals surface area (Å²) in [5, 5.41) is -0.664. The van der Waals surface area contributed by atoms with Crippen LogP contribution in [0.5, 0.6) is 0 Å². The van der Waals surface area contributed by atoms with Crippen molar-refractivity contribution in [3.63, 3.8) is 0 Å². The first kappa shape index (κ1) is 16.1. The molecule has 106 valence electrons. The van der Waals surface area contributed by atoms with Crippen molar-refractivity contribution in [3.8, 4) is 0 Å². The molecule has 0 aliphatic rings. The van der Waals surface area contributed by atoms with Crippen LogP contribution in [0.25, 0.3) is 0 Å². The molecular weight excluding hydrogens is 273 g/mol. The number of benzene rings is 1. The largest absolute Gasteiger partial charge is 0.442 e. The number of thioether (sulfide) groups is 1. The molecule has 1 atom stereocenters. The normalized spacial score (nSPS) is 13.3. The smallest absolute Gasteiger partial charge is 0.300 e. The number of hydrogen-bond acceptors (Lipinski definition) is 2. The van der Waals surface area contributed by atoms with E-state index in [-0.39, 0.29) is 24.0 Å². The molecule has 5 heteroatoms. The van der Waals surface area contributed by atoms with Crippen LogP contribution < -0.4 is 0 Å². The predicted octanol–water partition coefficient (Wildman–Crippen LogP) is 4.61. The molecule has 1 nitrogen and oxygen atoms in total. The number of aryl methyl sites for hydroxylation is 1. The second kappa shape index (κ2) is 7.58. The van der Waals surface area contributed by atoms with E-state index in [0.717, 1.165) is 5.56 Å². The average Bonchev–Trinajstić information content (AvgIpc) is 2.35. The Bertz CT molecular complexity index is 389. The zero-order chi connectivity index (χ0) is 14.3. The third-order valence-electron chi connectivity index (χ3n) is 2.75. The summed E-state index contributed by atoms with van der Waals surface area (Å²) in [4.78, 5) is 11.7. The summed E-state index contributed by atoms with van der Waals surface area (Å²) in [6, 6.07) is 9.48. The molecule has 19 heavy (non-hydrogen) atoms. The fourth-order valence-corrected chi connectivity index (χ4v) is 2.56. The predicted molar refractivity (Wildman–Crippen MR) is 72.1 cm³/mol. The molecule has 0 fully saturated rings. The quantitative estimate of drug-likeness (QED) is 0.729. The van der Waals surface area contributed by atoms with Crippen molar-refractivity contribution in [1.82, 2.24) is 0 Å². The lowest BCUT2D eigenvalue weighted by Gasteiger charge is -2.15. The molecule has 0 radical (unpaired) electrons. The zero-order valence-corrected chi connectivity index (χ0v) is 11.6. The lowest BCUT2D eigenvalue weighted by molar-refractivity contribution is -0.119. The molecule has 1 aromatic rings. The number of carbonyl (C=O) groups excluding carboxylic acids is 1. The highest BCUT2D eigenvalue weighted by molar-refractivity contribution is 8.00. The minimum absolute atomic E-state index is 0.00644. The Balaban J connectivity index is 2.37. The molecule has 0 N–H and O–H groups in total. The molecule has 0 bridgehead atoms. The van der Waals surface area contributed by atoms with Crippen molar-refractivity contribution < 1.29 is 18.0 Å². The Hall–Kier alpha value is -0.970. The Labute approximate surface area is 115 Å². The van der Waals surface area contributed by atoms with Crippen molar-refractivity contribution in [2.75, 3.05) is 0 Å². The maximum absolute atomic E-state index is 12.2. The molecule has 0 aromatic heterocycles. The third-order valence-corrected chi connectivity index (χ3v) is 3.85. The van der Waals surface area contributed by atoms with Gasteiger partial charge in [0.05, 0.1) is 0 Å². The number of hydrogen-bond donors (Lipinski definition) is 0. The van der Waals surface area contributed by atoms with Gasteiger partial charge < -0.3 is 0 Å². The monoisotopic (exact) mass is 290 g/mol. The molecule has 0 saturated heterocycles. The van der Waals surface area contributed by atoms with Crippen molar-refractivity contribution in [1.29, 1.82) is 0 Å². The van der Waals surface area contributed by atoms with E-state index in [0.29, 0.717) is 19.3 Å². The fourth-order valence-electron chi connectivity index (χ4n) is 1.74. The van der Waals surface area contributed by atoms with Gasteiger partial charge >= 0.3 is 5.51 Å². The molecule has 0 amide bonds. The SMILES string of the molecule is CCC(CC(=O)CCc1ccccc1)SC(F)(F)F. The summed E-state index contributed by atoms with van der Waals surface area (Å²) < 4.78 is 36.7. The van der Waals surface area contributed by atoms with Gasteiger partial charge in [0, 0.05) is 18.1 Å². The van der Waals surface area contributed by atoms with Crippen LogP contribution in [0.15, 0.2) is 30.3 Å². The van der Waals surface area contributed by atoms with Gasteiger partial charge in [-0.2, -0.15) is 13.2 Å². The van der Waals surface area contributed by atoms with Gasteiger partial charge in [-0.15, -0.1) is 0 Å². The maximum Gasteiger partial charge on any atom is 0.442 e. The van der Waals surface area contributed by atoms with Gasteiger partial charge in [0.15, 0.2) is 0 Å². The summed E-state index contributed by atoms with van der Waals surface area (Å²) >= 11 is -0.0690. The molecule has 1 aromatic carbocycles. The molecule has 0 aliphatic carbocycles. The van der Waals surface area contributed by atoms with Crippen LogP contribution in [0.3, 0.4) is 0 Å². The van der Waals surface area contributed by atoms with Crippen LogP contribution >= 0.6 is 11.8 Å². The third kappa shape index (κ3) is 7.25. The first-order chi connectivity index (χ1) is 8.90. The van der Waals surface area contributed by atoms with E-state index in [4.69, 9.17) is 0 Å². The van der Waals surface area contributed by atoms with Crippen LogP contribution in [0.2, 0.25) is 0 Å². The molecule has 1 rings (SSSR count). The van der Waals surface area contributed by atoms with Gasteiger partial charge in [-0.25, -0.2) is 0 Å². The number of halogens is 3. The minimum Gasteiger partial charge on any atom is -0.300 e. The van der Waals surface area contributed by atoms with Gasteiger partial charge in [-0.3, -0.25) is 4.79 Å². The number of Topliss-reactive ketones (excluding diaryl/α,β-unsaturated/α-hetero) is 1. The van der Waals surface area contributed by atoms with Gasteiger partial charge in [0.1, 0.15) is 5.78 Å². The first-order valence-electron chi connectivity index (χ1n) is 6.21. The summed E-state index contributed by atoms with van der Waals surface area (Å²) in [6.45, 7) is 1.67. The first-order valence-corrected chi connectivity index (χ1v) is 7.09. The Kier molecular flexibility index (Phi) is 6.42. The van der Waals surface area contributed by atoms with Gasteiger partial charge in [-0.05, 0) is 30.2 Å². The van der Waals surface area contributed by atoms with E-state index < -0.39 is 10.8 Å². The van der Waals surface area contributed by atoms with Crippen molar-refractivity contribution in [2.45, 2.75) is 43.4 Å². The highest BCUT2D eigenvalue weighted by Gasteiger charge is 2.32. The van der Waals surface area contributed by atoms with Crippen LogP contribution in [0, 0.1) is 0 Å². The van der Waals surface area contributed by atoms with E-state index in [1.54, 1.807) is 6.92 Å². The van der Waals surface area contributed by atoms with Crippen LogP contribution in [0.4, 0.5) is 13.2 Å². The molecule has 0 aliphatic heterocycles. The van der Waals surface area contributed by atoms with Gasteiger partial charge in [0.2, 0.25) is 0 Å². The number of alkyl halides is 3. The molecule has 0 heterocycles. The van der Waals surface area contributed by atoms with E-state index >= 15 is 0 Å². The van der Waals surface area contributed by atoms with E-state index in [1.807, 2.05) is 30.3 Å². The Morgan fingerprint density at radius 3 is 2.42 bits per heavy atom. The van der Waals surface area contributed by atoms with Crippen molar-refractivity contribution in [2.24, 2.45) is 0 Å². The summed E-state index contributed by atoms with van der Waals surface area (Å²) in [6.07, 6.45) is 1.24. The topological polar surface area (TPSA) is 17.1 Å². The number of carbonyl (C=O) groups is 1. The summed E-state index contributed by atoms with van der Waals surface area (Å²) in [5.74, 6) is -0.104. The van der Waals surface area contributed by atoms with E-state index in [9.17, 15) is 18.0 Å². The van der Waals surface area contributed by atoms with Crippen molar-refractivity contribution in [3.05, 3.63) is 35.9 Å². The summed E-state index contributed by atoms with van der Waals surface area (Å²) in [5.41, 5.74) is -3.23. The average molecular weight is 290 g/mol. The van der Waals surface area contributed by atoms with Gasteiger partial charge in [0.25, 0.3) is 0 Å². The van der Waals surface area contributed by atoms with Crippen molar-refractivity contribution >= 4 is 17.5 Å². The second-order valence-corrected chi connectivity index (χ2v) is 5.69. The molecular formula is C14H17F3OS.